The molecule has 0 radical (unpaired) electrons. The maximum atomic E-state index is 4.48. The smallest absolute Gasteiger partial charge is 0.158 e. The van der Waals surface area contributed by atoms with Crippen molar-refractivity contribution in [3.63, 3.8) is 0 Å². The van der Waals surface area contributed by atoms with E-state index >= 15 is 0 Å². The third-order valence-corrected chi connectivity index (χ3v) is 5.08. The lowest BCUT2D eigenvalue weighted by Crippen LogP contribution is -2.29. The topological polar surface area (TPSA) is 75.9 Å². The minimum absolute atomic E-state index is 0.637. The Morgan fingerprint density at radius 1 is 0.800 bits per heavy atom. The molecule has 0 amide bonds. The van der Waals surface area contributed by atoms with Crippen LogP contribution in [0.25, 0.3) is 5.82 Å². The number of anilines is 2. The van der Waals surface area contributed by atoms with Crippen molar-refractivity contribution >= 4 is 11.6 Å². The van der Waals surface area contributed by atoms with E-state index in [0.717, 1.165) is 43.6 Å². The Labute approximate surface area is 145 Å². The summed E-state index contributed by atoms with van der Waals surface area (Å²) in [6.45, 7) is 4.11. The number of fused-ring (bicyclic) bond motifs is 1. The Morgan fingerprint density at radius 3 is 2.20 bits per heavy atom. The Hall–Kier alpha value is -3.03. The lowest BCUT2D eigenvalue weighted by Gasteiger charge is -2.23. The van der Waals surface area contributed by atoms with Gasteiger partial charge in [-0.2, -0.15) is 5.10 Å². The van der Waals surface area contributed by atoms with Gasteiger partial charge in [0.1, 0.15) is 24.3 Å². The van der Waals surface area contributed by atoms with Gasteiger partial charge in [-0.15, -0.1) is 0 Å². The van der Waals surface area contributed by atoms with Gasteiger partial charge in [0.25, 0.3) is 0 Å². The molecule has 3 aromatic rings. The molecule has 0 aliphatic carbocycles. The van der Waals surface area contributed by atoms with Crippen molar-refractivity contribution in [1.82, 2.24) is 29.7 Å². The van der Waals surface area contributed by atoms with E-state index in [-0.39, 0.29) is 0 Å². The van der Waals surface area contributed by atoms with Crippen molar-refractivity contribution in [2.24, 2.45) is 11.8 Å². The van der Waals surface area contributed by atoms with Crippen molar-refractivity contribution in [3.8, 4) is 5.82 Å². The monoisotopic (exact) mass is 334 g/mol. The second-order valence-corrected chi connectivity index (χ2v) is 6.58. The van der Waals surface area contributed by atoms with Gasteiger partial charge in [-0.25, -0.2) is 24.6 Å². The van der Waals surface area contributed by atoms with E-state index in [4.69, 9.17) is 0 Å². The highest BCUT2D eigenvalue weighted by atomic mass is 15.3. The molecular weight excluding hydrogens is 316 g/mol. The minimum atomic E-state index is 0.637. The minimum Gasteiger partial charge on any atom is -0.356 e. The number of hydrogen-bond acceptors (Lipinski definition) is 7. The third kappa shape index (κ3) is 2.59. The summed E-state index contributed by atoms with van der Waals surface area (Å²) < 4.78 is 1.76. The Morgan fingerprint density at radius 2 is 1.52 bits per heavy atom. The summed E-state index contributed by atoms with van der Waals surface area (Å²) in [6, 6.07) is 5.89. The quantitative estimate of drug-likeness (QED) is 0.708. The Bertz CT molecular complexity index is 836. The molecule has 3 aromatic heterocycles. The van der Waals surface area contributed by atoms with Crippen LogP contribution >= 0.6 is 0 Å². The highest BCUT2D eigenvalue weighted by Crippen LogP contribution is 2.34. The molecule has 0 bridgehead atoms. The van der Waals surface area contributed by atoms with Gasteiger partial charge in [-0.3, -0.25) is 0 Å². The van der Waals surface area contributed by atoms with Gasteiger partial charge in [-0.05, 0) is 12.1 Å². The average molecular weight is 334 g/mol. The molecule has 2 fully saturated rings. The maximum absolute atomic E-state index is 4.48. The third-order valence-electron chi connectivity index (χ3n) is 5.08. The van der Waals surface area contributed by atoms with Crippen LogP contribution in [0.2, 0.25) is 0 Å². The van der Waals surface area contributed by atoms with Gasteiger partial charge in [0, 0.05) is 62.7 Å². The first kappa shape index (κ1) is 14.3. The fourth-order valence-electron chi connectivity index (χ4n) is 3.88. The van der Waals surface area contributed by atoms with E-state index in [1.807, 2.05) is 24.4 Å². The van der Waals surface area contributed by atoms with Crippen molar-refractivity contribution in [3.05, 3.63) is 49.4 Å². The summed E-state index contributed by atoms with van der Waals surface area (Å²) >= 11 is 0. The van der Waals surface area contributed by atoms with E-state index in [0.29, 0.717) is 11.8 Å². The fourth-order valence-corrected chi connectivity index (χ4v) is 3.88. The zero-order valence-electron chi connectivity index (χ0n) is 13.7. The van der Waals surface area contributed by atoms with Gasteiger partial charge in [0.05, 0.1) is 0 Å². The van der Waals surface area contributed by atoms with Crippen molar-refractivity contribution in [2.45, 2.75) is 0 Å². The Kier molecular flexibility index (Phi) is 3.32. The molecule has 2 aliphatic rings. The molecule has 8 heteroatoms. The van der Waals surface area contributed by atoms with Crippen LogP contribution in [0.3, 0.4) is 0 Å². The predicted octanol–water partition coefficient (Wildman–Crippen LogP) is 1.02. The predicted molar refractivity (Wildman–Crippen MR) is 92.6 cm³/mol. The molecule has 0 aromatic carbocycles. The molecule has 8 nitrogen and oxygen atoms in total. The van der Waals surface area contributed by atoms with Crippen LogP contribution in [0.15, 0.2) is 49.4 Å². The summed E-state index contributed by atoms with van der Waals surface area (Å²) in [5.74, 6) is 4.08. The molecule has 0 saturated carbocycles. The Balaban J connectivity index is 1.31. The van der Waals surface area contributed by atoms with Crippen molar-refractivity contribution in [2.75, 3.05) is 36.0 Å². The molecule has 126 valence electrons. The van der Waals surface area contributed by atoms with Crippen LogP contribution < -0.4 is 9.80 Å². The first-order chi connectivity index (χ1) is 12.4. The largest absolute Gasteiger partial charge is 0.356 e. The zero-order valence-corrected chi connectivity index (χ0v) is 13.7. The molecule has 2 saturated heterocycles. The average Bonchev–Trinajstić information content (AvgIpc) is 3.38. The van der Waals surface area contributed by atoms with Crippen LogP contribution in [-0.4, -0.2) is 55.9 Å². The van der Waals surface area contributed by atoms with Crippen molar-refractivity contribution < 1.29 is 0 Å². The van der Waals surface area contributed by atoms with Gasteiger partial charge >= 0.3 is 0 Å². The summed E-state index contributed by atoms with van der Waals surface area (Å²) in [5, 5.41) is 4.24. The fraction of sp³-hybridized carbons (Fsp3) is 0.353. The summed E-state index contributed by atoms with van der Waals surface area (Å²) in [7, 11) is 0. The second kappa shape index (κ2) is 5.80. The number of nitrogens with zero attached hydrogens (tertiary/aromatic N) is 8. The maximum Gasteiger partial charge on any atom is 0.158 e. The van der Waals surface area contributed by atoms with Crippen LogP contribution in [0.5, 0.6) is 0 Å². The highest BCUT2D eigenvalue weighted by molar-refractivity contribution is 5.46. The first-order valence-corrected chi connectivity index (χ1v) is 8.45. The molecule has 25 heavy (non-hydrogen) atoms. The second-order valence-electron chi connectivity index (χ2n) is 6.58. The van der Waals surface area contributed by atoms with E-state index in [1.54, 1.807) is 29.7 Å². The van der Waals surface area contributed by atoms with Crippen LogP contribution in [0.4, 0.5) is 11.6 Å². The van der Waals surface area contributed by atoms with E-state index < -0.39 is 0 Å². The first-order valence-electron chi connectivity index (χ1n) is 8.45. The van der Waals surface area contributed by atoms with Gasteiger partial charge in [0.15, 0.2) is 5.82 Å². The van der Waals surface area contributed by atoms with E-state index in [9.17, 15) is 0 Å². The number of aromatic nitrogens is 6. The summed E-state index contributed by atoms with van der Waals surface area (Å²) in [5.41, 5.74) is 0. The van der Waals surface area contributed by atoms with Crippen molar-refractivity contribution in [1.29, 1.82) is 0 Å². The molecular formula is C17H18N8. The highest BCUT2D eigenvalue weighted by Gasteiger charge is 2.40. The molecule has 2 aliphatic heterocycles. The lowest BCUT2D eigenvalue weighted by atomic mass is 10.0. The number of rotatable bonds is 3. The SMILES string of the molecule is c1cnn(-c2cc(N3CC4CN(c5ccncn5)CC4C3)ncn2)c1. The van der Waals surface area contributed by atoms with E-state index in [2.05, 4.69) is 34.8 Å². The zero-order chi connectivity index (χ0) is 16.6. The number of hydrogen-bond donors (Lipinski definition) is 0. The summed E-state index contributed by atoms with van der Waals surface area (Å²) in [6.07, 6.45) is 8.69. The molecule has 5 rings (SSSR count). The molecule has 2 atom stereocenters. The van der Waals surface area contributed by atoms with E-state index in [1.165, 1.54) is 0 Å². The molecule has 2 unspecified atom stereocenters. The molecule has 0 N–H and O–H groups in total. The van der Waals surface area contributed by atoms with Crippen LogP contribution in [0.1, 0.15) is 0 Å². The van der Waals surface area contributed by atoms with Gasteiger partial charge < -0.3 is 9.80 Å². The standard InChI is InChI=1S/C17H18N8/c1-3-22-25(5-1)17-6-16(20-12-21-17)24-9-13-7-23(8-14(13)10-24)15-2-4-18-11-19-15/h1-6,11-14H,7-10H2. The van der Waals surface area contributed by atoms with Gasteiger partial charge in [-0.1, -0.05) is 0 Å². The molecule has 0 spiro atoms. The van der Waals surface area contributed by atoms with Crippen LogP contribution in [-0.2, 0) is 0 Å². The van der Waals surface area contributed by atoms with Crippen LogP contribution in [0, 0.1) is 11.8 Å². The normalized spacial score (nSPS) is 22.4. The van der Waals surface area contributed by atoms with Gasteiger partial charge in [0.2, 0.25) is 0 Å². The summed E-state index contributed by atoms with van der Waals surface area (Å²) in [4.78, 5) is 21.9. The molecule has 5 heterocycles. The lowest BCUT2D eigenvalue weighted by molar-refractivity contribution is 0.533.